The highest BCUT2D eigenvalue weighted by Crippen LogP contribution is 2.47. The zero-order valence-corrected chi connectivity index (χ0v) is 16.7. The third-order valence-electron chi connectivity index (χ3n) is 5.17. The van der Waals surface area contributed by atoms with Crippen LogP contribution < -0.4 is 4.98 Å². The second-order valence-electron chi connectivity index (χ2n) is 8.84. The zero-order valence-electron chi connectivity index (χ0n) is 15.7. The van der Waals surface area contributed by atoms with Gasteiger partial charge in [-0.25, -0.2) is 0 Å². The first-order valence-corrected chi connectivity index (χ1v) is 12.1. The number of allylic oxidation sites excluding steroid dienone is 1. The number of hydrogen-bond acceptors (Lipinski definition) is 2. The predicted octanol–water partition coefficient (Wildman–Crippen LogP) is 4.74. The molecule has 1 N–H and O–H groups in total. The first kappa shape index (κ1) is 16.8. The molecule has 0 spiro atoms. The van der Waals surface area contributed by atoms with Crippen LogP contribution in [0.15, 0.2) is 29.8 Å². The first-order valence-electron chi connectivity index (χ1n) is 9.05. The summed E-state index contributed by atoms with van der Waals surface area (Å²) in [5.74, 6) is 0. The third kappa shape index (κ3) is 3.14. The van der Waals surface area contributed by atoms with E-state index < -0.39 is 8.24 Å². The van der Waals surface area contributed by atoms with Gasteiger partial charge < -0.3 is 9.88 Å². The van der Waals surface area contributed by atoms with Gasteiger partial charge in [-0.05, 0) is 51.7 Å². The second kappa shape index (κ2) is 5.78. The summed E-state index contributed by atoms with van der Waals surface area (Å²) in [6, 6.07) is 9.13. The molecule has 2 nitrogen and oxygen atoms in total. The second-order valence-corrected chi connectivity index (χ2v) is 13.1. The lowest BCUT2D eigenvalue weighted by Gasteiger charge is -2.39. The molecule has 1 aliphatic carbocycles. The average Bonchev–Trinajstić information content (AvgIpc) is 2.99. The van der Waals surface area contributed by atoms with Crippen LogP contribution in [0.5, 0.6) is 0 Å². The van der Waals surface area contributed by atoms with E-state index >= 15 is 0 Å². The Bertz CT molecular complexity index is 619. The molecular weight excluding hydrogens is 296 g/mol. The fraction of sp³-hybridized carbons (Fsp3) is 0.600. The molecular formula is C20H32N2Si. The number of hydrogen-bond donors (Lipinski definition) is 1. The lowest BCUT2D eigenvalue weighted by atomic mass is 10.1. The highest BCUT2D eigenvalue weighted by molar-refractivity contribution is 6.77. The molecule has 1 aromatic carbocycles. The number of likely N-dealkylation sites (tertiary alicyclic amines) is 1. The van der Waals surface area contributed by atoms with Crippen molar-refractivity contribution < 1.29 is 0 Å². The molecule has 1 aromatic rings. The lowest BCUT2D eigenvalue weighted by molar-refractivity contribution is 0.490. The van der Waals surface area contributed by atoms with Crippen molar-refractivity contribution in [2.75, 3.05) is 13.1 Å². The molecule has 126 valence electrons. The summed E-state index contributed by atoms with van der Waals surface area (Å²) in [5.41, 5.74) is 6.93. The van der Waals surface area contributed by atoms with Crippen LogP contribution in [0.2, 0.25) is 13.1 Å². The van der Waals surface area contributed by atoms with Crippen LogP contribution in [0.1, 0.15) is 57.2 Å². The largest absolute Gasteiger partial charge is 0.371 e. The van der Waals surface area contributed by atoms with Crippen LogP contribution in [-0.2, 0) is 0 Å². The van der Waals surface area contributed by atoms with Crippen LogP contribution in [0, 0.1) is 0 Å². The molecule has 0 saturated carbocycles. The quantitative estimate of drug-likeness (QED) is 0.806. The van der Waals surface area contributed by atoms with E-state index in [1.807, 2.05) is 0 Å². The number of fused-ring (bicyclic) bond motifs is 1. The molecule has 1 aliphatic heterocycles. The van der Waals surface area contributed by atoms with Gasteiger partial charge in [-0.3, -0.25) is 0 Å². The molecule has 23 heavy (non-hydrogen) atoms. The highest BCUT2D eigenvalue weighted by atomic mass is 28.3. The van der Waals surface area contributed by atoms with Gasteiger partial charge in [0.05, 0.1) is 0 Å². The molecule has 2 aliphatic rings. The molecule has 0 radical (unpaired) electrons. The fourth-order valence-electron chi connectivity index (χ4n) is 4.88. The fourth-order valence-corrected chi connectivity index (χ4v) is 9.20. The Kier molecular flexibility index (Phi) is 4.22. The molecule has 0 amide bonds. The van der Waals surface area contributed by atoms with Gasteiger partial charge in [0.25, 0.3) is 0 Å². The maximum absolute atomic E-state index is 4.01. The van der Waals surface area contributed by atoms with E-state index in [-0.39, 0.29) is 5.54 Å². The molecule has 1 atom stereocenters. The van der Waals surface area contributed by atoms with E-state index in [1.165, 1.54) is 31.5 Å². The van der Waals surface area contributed by atoms with E-state index in [4.69, 9.17) is 0 Å². The van der Waals surface area contributed by atoms with E-state index in [9.17, 15) is 0 Å². The molecule has 1 saturated heterocycles. The molecule has 0 bridgehead atoms. The van der Waals surface area contributed by atoms with Gasteiger partial charge in [-0.1, -0.05) is 37.4 Å². The Morgan fingerprint density at radius 3 is 2.30 bits per heavy atom. The number of rotatable bonds is 3. The van der Waals surface area contributed by atoms with Gasteiger partial charge in [-0.2, -0.15) is 0 Å². The van der Waals surface area contributed by atoms with Crippen LogP contribution in [0.25, 0.3) is 5.70 Å². The molecule has 1 fully saturated rings. The molecule has 1 unspecified atom stereocenters. The van der Waals surface area contributed by atoms with Crippen molar-refractivity contribution in [2.45, 2.75) is 64.7 Å². The van der Waals surface area contributed by atoms with Gasteiger partial charge >= 0.3 is 0 Å². The van der Waals surface area contributed by atoms with Crippen molar-refractivity contribution in [3.63, 3.8) is 0 Å². The monoisotopic (exact) mass is 328 g/mol. The van der Waals surface area contributed by atoms with Crippen molar-refractivity contribution in [1.82, 2.24) is 9.88 Å². The van der Waals surface area contributed by atoms with Crippen molar-refractivity contribution in [3.05, 3.63) is 41.0 Å². The normalized spacial score (nSPS) is 22.0. The summed E-state index contributed by atoms with van der Waals surface area (Å²) in [6.45, 7) is 16.7. The van der Waals surface area contributed by atoms with E-state index in [0.717, 1.165) is 0 Å². The van der Waals surface area contributed by atoms with Crippen molar-refractivity contribution >= 4 is 13.9 Å². The number of nitrogens with one attached hydrogen (secondary N) is 1. The van der Waals surface area contributed by atoms with E-state index in [0.29, 0.717) is 5.54 Å². The topological polar surface area (TPSA) is 15.3 Å². The standard InChI is InChI=1S/C20H32N2Si/c1-15-18(22-13-9-10-14-22)16-11-7-8-12-17(16)19(15)23(5,6)21-20(2,3)4/h7-8,11-12,19,21H,9-10,13-14H2,1-6H3. The summed E-state index contributed by atoms with van der Waals surface area (Å²) in [7, 11) is -1.65. The zero-order chi connectivity index (χ0) is 16.8. The number of nitrogens with zero attached hydrogens (tertiary/aromatic N) is 1. The smallest absolute Gasteiger partial charge is 0.131 e. The highest BCUT2D eigenvalue weighted by Gasteiger charge is 2.43. The van der Waals surface area contributed by atoms with Crippen LogP contribution in [-0.4, -0.2) is 31.8 Å². The molecule has 0 aromatic heterocycles. The number of benzene rings is 1. The Labute approximate surface area is 143 Å². The van der Waals surface area contributed by atoms with Gasteiger partial charge in [0.1, 0.15) is 8.24 Å². The summed E-state index contributed by atoms with van der Waals surface area (Å²) >= 11 is 0. The third-order valence-corrected chi connectivity index (χ3v) is 8.76. The van der Waals surface area contributed by atoms with Crippen molar-refractivity contribution in [2.24, 2.45) is 0 Å². The minimum absolute atomic E-state index is 0.168. The van der Waals surface area contributed by atoms with Crippen molar-refractivity contribution in [3.8, 4) is 0 Å². The van der Waals surface area contributed by atoms with E-state index in [1.54, 1.807) is 16.8 Å². The van der Waals surface area contributed by atoms with Gasteiger partial charge in [0, 0.05) is 35.4 Å². The van der Waals surface area contributed by atoms with E-state index in [2.05, 4.69) is 74.9 Å². The van der Waals surface area contributed by atoms with Crippen LogP contribution in [0.4, 0.5) is 0 Å². The SMILES string of the molecule is CC1=C(N2CCCC2)c2ccccc2C1[Si](C)(C)NC(C)(C)C. The maximum Gasteiger partial charge on any atom is 0.131 e. The Morgan fingerprint density at radius 1 is 1.09 bits per heavy atom. The maximum atomic E-state index is 4.01. The molecule has 1 heterocycles. The van der Waals surface area contributed by atoms with Crippen LogP contribution >= 0.6 is 0 Å². The Balaban J connectivity index is 2.06. The molecule has 3 rings (SSSR count). The minimum atomic E-state index is -1.65. The van der Waals surface area contributed by atoms with Crippen LogP contribution in [0.3, 0.4) is 0 Å². The van der Waals surface area contributed by atoms with Crippen molar-refractivity contribution in [1.29, 1.82) is 0 Å². The Hall–Kier alpha value is -1.06. The summed E-state index contributed by atoms with van der Waals surface area (Å²) < 4.78 is 0. The minimum Gasteiger partial charge on any atom is -0.371 e. The summed E-state index contributed by atoms with van der Waals surface area (Å²) in [4.78, 5) is 6.64. The molecule has 3 heteroatoms. The first-order chi connectivity index (χ1) is 10.7. The predicted molar refractivity (Wildman–Crippen MR) is 103 cm³/mol. The average molecular weight is 329 g/mol. The van der Waals surface area contributed by atoms with Gasteiger partial charge in [-0.15, -0.1) is 0 Å². The van der Waals surface area contributed by atoms with Gasteiger partial charge in [0.2, 0.25) is 0 Å². The summed E-state index contributed by atoms with van der Waals surface area (Å²) in [5, 5.41) is 0. The Morgan fingerprint density at radius 2 is 1.70 bits per heavy atom. The lowest BCUT2D eigenvalue weighted by Crippen LogP contribution is -2.58. The summed E-state index contributed by atoms with van der Waals surface area (Å²) in [6.07, 6.45) is 2.68. The van der Waals surface area contributed by atoms with Gasteiger partial charge in [0.15, 0.2) is 0 Å².